The molecule has 2 bridgehead atoms. The van der Waals surface area contributed by atoms with E-state index in [1.807, 2.05) is 18.2 Å². The molecule has 0 amide bonds. The molecule has 146 valence electrons. The van der Waals surface area contributed by atoms with Crippen molar-refractivity contribution in [3.05, 3.63) is 46.5 Å². The fourth-order valence-electron chi connectivity index (χ4n) is 5.32. The molecule has 1 saturated carbocycles. The van der Waals surface area contributed by atoms with Crippen molar-refractivity contribution in [3.8, 4) is 5.75 Å². The minimum atomic E-state index is -3.58. The molecule has 0 spiro atoms. The molecule has 0 aromatic heterocycles. The normalized spacial score (nSPS) is 28.9. The number of benzene rings is 1. The quantitative estimate of drug-likeness (QED) is 0.395. The van der Waals surface area contributed by atoms with Crippen molar-refractivity contribution in [1.29, 1.82) is 0 Å². The van der Waals surface area contributed by atoms with Crippen LogP contribution in [0.1, 0.15) is 56.9 Å². The SMILES string of the molecule is CO/C(=C1\C2CCCC1C1=C(CCCC1)C2)c1cccc(OP(C)(=O)O)c1. The van der Waals surface area contributed by atoms with Crippen LogP contribution in [0.5, 0.6) is 5.75 Å². The second-order valence-corrected chi connectivity index (χ2v) is 9.92. The highest BCUT2D eigenvalue weighted by Gasteiger charge is 2.39. The van der Waals surface area contributed by atoms with Crippen LogP contribution in [0.3, 0.4) is 0 Å². The highest BCUT2D eigenvalue weighted by atomic mass is 31.2. The molecule has 3 unspecified atom stereocenters. The van der Waals surface area contributed by atoms with Crippen LogP contribution in [0.15, 0.2) is 41.0 Å². The van der Waals surface area contributed by atoms with E-state index in [0.29, 0.717) is 17.6 Å². The summed E-state index contributed by atoms with van der Waals surface area (Å²) in [5.74, 6) is 2.43. The molecule has 4 rings (SSSR count). The number of hydrogen-bond donors (Lipinski definition) is 1. The van der Waals surface area contributed by atoms with Crippen LogP contribution in [0.4, 0.5) is 0 Å². The number of methoxy groups -OCH3 is 1. The van der Waals surface area contributed by atoms with Crippen molar-refractivity contribution in [2.45, 2.75) is 51.4 Å². The van der Waals surface area contributed by atoms with Crippen LogP contribution in [-0.2, 0) is 9.30 Å². The predicted octanol–water partition coefficient (Wildman–Crippen LogP) is 5.93. The second kappa shape index (κ2) is 7.48. The number of allylic oxidation sites excluding steroid dienone is 3. The lowest BCUT2D eigenvalue weighted by atomic mass is 9.62. The van der Waals surface area contributed by atoms with Crippen molar-refractivity contribution >= 4 is 13.4 Å². The van der Waals surface area contributed by atoms with E-state index in [1.165, 1.54) is 63.6 Å². The third-order valence-corrected chi connectivity index (χ3v) is 6.79. The zero-order chi connectivity index (χ0) is 19.0. The average Bonchev–Trinajstić information content (AvgIpc) is 2.61. The van der Waals surface area contributed by atoms with Crippen LogP contribution >= 0.6 is 7.60 Å². The number of rotatable bonds is 4. The van der Waals surface area contributed by atoms with Gasteiger partial charge in [-0.15, -0.1) is 0 Å². The van der Waals surface area contributed by atoms with E-state index in [0.717, 1.165) is 11.3 Å². The molecule has 1 aromatic rings. The van der Waals surface area contributed by atoms with Gasteiger partial charge in [-0.1, -0.05) is 29.7 Å². The predicted molar refractivity (Wildman–Crippen MR) is 108 cm³/mol. The van der Waals surface area contributed by atoms with Gasteiger partial charge in [-0.3, -0.25) is 0 Å². The van der Waals surface area contributed by atoms with Gasteiger partial charge in [0.1, 0.15) is 11.5 Å². The Morgan fingerprint density at radius 1 is 1.19 bits per heavy atom. The van der Waals surface area contributed by atoms with Gasteiger partial charge in [0.25, 0.3) is 0 Å². The molecule has 1 fully saturated rings. The van der Waals surface area contributed by atoms with Gasteiger partial charge < -0.3 is 14.2 Å². The van der Waals surface area contributed by atoms with Crippen molar-refractivity contribution in [1.82, 2.24) is 0 Å². The second-order valence-electron chi connectivity index (χ2n) is 8.13. The first-order chi connectivity index (χ1) is 13.0. The summed E-state index contributed by atoms with van der Waals surface area (Å²) in [5, 5.41) is 0. The Labute approximate surface area is 161 Å². The average molecular weight is 388 g/mol. The minimum absolute atomic E-state index is 0.412. The Bertz CT molecular complexity index is 832. The van der Waals surface area contributed by atoms with E-state index in [-0.39, 0.29) is 0 Å². The first-order valence-corrected chi connectivity index (χ1v) is 12.1. The largest absolute Gasteiger partial charge is 0.496 e. The number of fused-ring (bicyclic) bond motifs is 3. The van der Waals surface area contributed by atoms with Gasteiger partial charge in [-0.05, 0) is 68.6 Å². The molecular formula is C22H29O4P. The molecule has 1 aromatic carbocycles. The Morgan fingerprint density at radius 2 is 2.00 bits per heavy atom. The third-order valence-electron chi connectivity index (χ3n) is 6.24. The molecule has 0 aliphatic heterocycles. The van der Waals surface area contributed by atoms with Crippen LogP contribution in [0, 0.1) is 11.8 Å². The lowest BCUT2D eigenvalue weighted by molar-refractivity contribution is 0.311. The topological polar surface area (TPSA) is 55.8 Å². The highest BCUT2D eigenvalue weighted by Crippen LogP contribution is 2.53. The maximum atomic E-state index is 11.6. The molecule has 1 N–H and O–H groups in total. The van der Waals surface area contributed by atoms with E-state index >= 15 is 0 Å². The summed E-state index contributed by atoms with van der Waals surface area (Å²) in [6.07, 6.45) is 10.1. The first-order valence-electron chi connectivity index (χ1n) is 10.1. The van der Waals surface area contributed by atoms with E-state index < -0.39 is 7.60 Å². The molecule has 27 heavy (non-hydrogen) atoms. The Kier molecular flexibility index (Phi) is 5.22. The summed E-state index contributed by atoms with van der Waals surface area (Å²) in [6.45, 7) is 1.21. The smallest absolute Gasteiger partial charge is 0.373 e. The van der Waals surface area contributed by atoms with Gasteiger partial charge in [-0.25, -0.2) is 4.57 Å². The molecule has 4 nitrogen and oxygen atoms in total. The van der Waals surface area contributed by atoms with Gasteiger partial charge in [0.2, 0.25) is 0 Å². The third kappa shape index (κ3) is 3.88. The maximum Gasteiger partial charge on any atom is 0.373 e. The molecule has 5 heteroatoms. The standard InChI is InChI=1S/C22H29O4P/c1-25-22(17-9-5-10-18(14-17)26-27(2,23)24)21-16-8-6-12-20(21)19-11-4-3-7-15(19)13-16/h5,9-10,14,16,20H,3-4,6-8,11-13H2,1-2H3,(H,23,24)/b22-21+. The van der Waals surface area contributed by atoms with Crippen molar-refractivity contribution in [2.24, 2.45) is 11.8 Å². The fourth-order valence-corrected chi connectivity index (χ4v) is 5.82. The monoisotopic (exact) mass is 388 g/mol. The van der Waals surface area contributed by atoms with Crippen molar-refractivity contribution < 1.29 is 18.7 Å². The van der Waals surface area contributed by atoms with Crippen molar-refractivity contribution in [2.75, 3.05) is 13.8 Å². The Hall–Kier alpha value is -1.51. The fraction of sp³-hybridized carbons (Fsp3) is 0.545. The van der Waals surface area contributed by atoms with E-state index in [1.54, 1.807) is 24.3 Å². The van der Waals surface area contributed by atoms with Gasteiger partial charge in [0.05, 0.1) is 7.11 Å². The lowest BCUT2D eigenvalue weighted by Gasteiger charge is -2.43. The first kappa shape index (κ1) is 18.8. The van der Waals surface area contributed by atoms with E-state index in [2.05, 4.69) is 0 Å². The minimum Gasteiger partial charge on any atom is -0.496 e. The van der Waals surface area contributed by atoms with E-state index in [9.17, 15) is 9.46 Å². The Morgan fingerprint density at radius 3 is 2.78 bits per heavy atom. The molecule has 3 aliphatic carbocycles. The highest BCUT2D eigenvalue weighted by molar-refractivity contribution is 7.52. The summed E-state index contributed by atoms with van der Waals surface area (Å²) in [7, 11) is -1.84. The molecular weight excluding hydrogens is 359 g/mol. The molecule has 3 atom stereocenters. The summed E-state index contributed by atoms with van der Waals surface area (Å²) < 4.78 is 22.8. The van der Waals surface area contributed by atoms with Gasteiger partial charge in [-0.2, -0.15) is 0 Å². The maximum absolute atomic E-state index is 11.6. The molecule has 0 radical (unpaired) electrons. The van der Waals surface area contributed by atoms with Gasteiger partial charge >= 0.3 is 7.60 Å². The zero-order valence-corrected chi connectivity index (χ0v) is 17.1. The van der Waals surface area contributed by atoms with E-state index in [4.69, 9.17) is 9.26 Å². The number of hydrogen-bond acceptors (Lipinski definition) is 3. The summed E-state index contributed by atoms with van der Waals surface area (Å²) in [5.41, 5.74) is 5.79. The molecule has 0 saturated heterocycles. The molecule has 3 aliphatic rings. The molecule has 0 heterocycles. The summed E-state index contributed by atoms with van der Waals surface area (Å²) >= 11 is 0. The van der Waals surface area contributed by atoms with Crippen LogP contribution < -0.4 is 4.52 Å². The summed E-state index contributed by atoms with van der Waals surface area (Å²) in [4.78, 5) is 9.55. The zero-order valence-electron chi connectivity index (χ0n) is 16.2. The van der Waals surface area contributed by atoms with Crippen LogP contribution in [-0.4, -0.2) is 18.7 Å². The van der Waals surface area contributed by atoms with Gasteiger partial charge in [0.15, 0.2) is 0 Å². The summed E-state index contributed by atoms with van der Waals surface area (Å²) in [6, 6.07) is 7.43. The van der Waals surface area contributed by atoms with Crippen LogP contribution in [0.2, 0.25) is 0 Å². The Balaban J connectivity index is 1.77. The van der Waals surface area contributed by atoms with Gasteiger partial charge in [0, 0.05) is 18.1 Å². The number of ether oxygens (including phenoxy) is 1. The van der Waals surface area contributed by atoms with Crippen LogP contribution in [0.25, 0.3) is 5.76 Å². The van der Waals surface area contributed by atoms with Crippen molar-refractivity contribution in [3.63, 3.8) is 0 Å². The lowest BCUT2D eigenvalue weighted by Crippen LogP contribution is -2.30.